The van der Waals surface area contributed by atoms with Crippen molar-refractivity contribution in [1.29, 1.82) is 0 Å². The zero-order chi connectivity index (χ0) is 13.5. The van der Waals surface area contributed by atoms with Gasteiger partial charge >= 0.3 is 0 Å². The lowest BCUT2D eigenvalue weighted by Crippen LogP contribution is -2.02. The predicted octanol–water partition coefficient (Wildman–Crippen LogP) is 2.90. The van der Waals surface area contributed by atoms with Crippen LogP contribution in [0.3, 0.4) is 0 Å². The summed E-state index contributed by atoms with van der Waals surface area (Å²) in [5.41, 5.74) is 2.62. The third kappa shape index (κ3) is 3.81. The highest BCUT2D eigenvalue weighted by atomic mass is 16.5. The third-order valence-corrected chi connectivity index (χ3v) is 2.80. The van der Waals surface area contributed by atoms with Gasteiger partial charge in [-0.3, -0.25) is 4.98 Å². The largest absolute Gasteiger partial charge is 0.493 e. The lowest BCUT2D eigenvalue weighted by molar-refractivity contribution is 0.318. The van der Waals surface area contributed by atoms with Gasteiger partial charge in [0.05, 0.1) is 12.3 Å². The first kappa shape index (κ1) is 13.1. The molecule has 4 heteroatoms. The van der Waals surface area contributed by atoms with Crippen molar-refractivity contribution >= 4 is 5.71 Å². The number of oxime groups is 1. The highest BCUT2D eigenvalue weighted by Gasteiger charge is 1.99. The van der Waals surface area contributed by atoms with E-state index >= 15 is 0 Å². The van der Waals surface area contributed by atoms with E-state index in [-0.39, 0.29) is 0 Å². The summed E-state index contributed by atoms with van der Waals surface area (Å²) in [7, 11) is 0. The Kier molecular flexibility index (Phi) is 4.50. The first-order valence-electron chi connectivity index (χ1n) is 6.10. The molecule has 0 radical (unpaired) electrons. The van der Waals surface area contributed by atoms with E-state index in [2.05, 4.69) is 10.1 Å². The van der Waals surface area contributed by atoms with E-state index in [0.29, 0.717) is 12.3 Å². The Hall–Kier alpha value is -2.36. The number of ether oxygens (including phenoxy) is 1. The van der Waals surface area contributed by atoms with Crippen LogP contribution in [0.1, 0.15) is 18.1 Å². The Morgan fingerprint density at radius 1 is 1.26 bits per heavy atom. The predicted molar refractivity (Wildman–Crippen MR) is 73.9 cm³/mol. The first-order valence-corrected chi connectivity index (χ1v) is 6.10. The van der Waals surface area contributed by atoms with Gasteiger partial charge in [-0.2, -0.15) is 0 Å². The van der Waals surface area contributed by atoms with E-state index in [4.69, 9.17) is 9.94 Å². The maximum Gasteiger partial charge on any atom is 0.119 e. The van der Waals surface area contributed by atoms with Gasteiger partial charge in [-0.1, -0.05) is 11.2 Å². The molecule has 0 saturated carbocycles. The lowest BCUT2D eigenvalue weighted by atomic mass is 10.1. The van der Waals surface area contributed by atoms with Gasteiger partial charge in [-0.25, -0.2) is 0 Å². The van der Waals surface area contributed by atoms with E-state index in [1.165, 1.54) is 0 Å². The summed E-state index contributed by atoms with van der Waals surface area (Å²) >= 11 is 0. The average molecular weight is 256 g/mol. The molecule has 98 valence electrons. The standard InChI is InChI=1S/C15H16N2O2/c1-12(17-18)14-4-6-15(7-5-14)19-10-8-13-3-2-9-16-11-13/h2-7,9,11,18H,8,10H2,1H3. The van der Waals surface area contributed by atoms with Gasteiger partial charge in [-0.05, 0) is 48.4 Å². The van der Waals surface area contributed by atoms with Crippen LogP contribution in [-0.2, 0) is 6.42 Å². The van der Waals surface area contributed by atoms with Crippen molar-refractivity contribution in [3.8, 4) is 5.75 Å². The zero-order valence-electron chi connectivity index (χ0n) is 10.8. The molecule has 0 unspecified atom stereocenters. The van der Waals surface area contributed by atoms with E-state index in [1.807, 2.05) is 42.6 Å². The van der Waals surface area contributed by atoms with Gasteiger partial charge in [-0.15, -0.1) is 0 Å². The number of aromatic nitrogens is 1. The van der Waals surface area contributed by atoms with Crippen LogP contribution in [0.2, 0.25) is 0 Å². The van der Waals surface area contributed by atoms with Crippen molar-refractivity contribution in [3.05, 3.63) is 59.9 Å². The monoisotopic (exact) mass is 256 g/mol. The Morgan fingerprint density at radius 3 is 2.68 bits per heavy atom. The SMILES string of the molecule is CC(=NO)c1ccc(OCCc2cccnc2)cc1. The fraction of sp³-hybridized carbons (Fsp3) is 0.200. The topological polar surface area (TPSA) is 54.7 Å². The molecule has 0 aliphatic rings. The first-order chi connectivity index (χ1) is 9.29. The number of benzene rings is 1. The summed E-state index contributed by atoms with van der Waals surface area (Å²) in [6, 6.07) is 11.4. The summed E-state index contributed by atoms with van der Waals surface area (Å²) in [4.78, 5) is 4.06. The van der Waals surface area contributed by atoms with E-state index in [1.54, 1.807) is 13.1 Å². The normalized spacial score (nSPS) is 11.3. The molecule has 0 fully saturated rings. The Morgan fingerprint density at radius 2 is 2.05 bits per heavy atom. The molecule has 0 amide bonds. The molecule has 4 nitrogen and oxygen atoms in total. The second-order valence-electron chi connectivity index (χ2n) is 4.17. The van der Waals surface area contributed by atoms with Crippen molar-refractivity contribution < 1.29 is 9.94 Å². The van der Waals surface area contributed by atoms with Gasteiger partial charge in [0.2, 0.25) is 0 Å². The molecular weight excluding hydrogens is 240 g/mol. The van der Waals surface area contributed by atoms with Gasteiger partial charge in [0.1, 0.15) is 5.75 Å². The zero-order valence-corrected chi connectivity index (χ0v) is 10.8. The van der Waals surface area contributed by atoms with Crippen LogP contribution in [0, 0.1) is 0 Å². The van der Waals surface area contributed by atoms with Gasteiger partial charge in [0.25, 0.3) is 0 Å². The fourth-order valence-electron chi connectivity index (χ4n) is 1.68. The quantitative estimate of drug-likeness (QED) is 0.508. The molecule has 1 aromatic heterocycles. The maximum absolute atomic E-state index is 8.68. The fourth-order valence-corrected chi connectivity index (χ4v) is 1.68. The van der Waals surface area contributed by atoms with Crippen LogP contribution < -0.4 is 4.74 Å². The molecule has 0 atom stereocenters. The Bertz CT molecular complexity index is 536. The van der Waals surface area contributed by atoms with Crippen LogP contribution in [0.4, 0.5) is 0 Å². The average Bonchev–Trinajstić information content (AvgIpc) is 2.48. The van der Waals surface area contributed by atoms with Crippen molar-refractivity contribution in [2.75, 3.05) is 6.61 Å². The molecule has 1 N–H and O–H groups in total. The molecule has 0 spiro atoms. The van der Waals surface area contributed by atoms with Crippen molar-refractivity contribution in [1.82, 2.24) is 4.98 Å². The number of hydrogen-bond donors (Lipinski definition) is 1. The second-order valence-corrected chi connectivity index (χ2v) is 4.17. The number of nitrogens with zero attached hydrogens (tertiary/aromatic N) is 2. The summed E-state index contributed by atoms with van der Waals surface area (Å²) in [6.07, 6.45) is 4.42. The second kappa shape index (κ2) is 6.54. The molecule has 0 saturated heterocycles. The van der Waals surface area contributed by atoms with E-state index < -0.39 is 0 Å². The van der Waals surface area contributed by atoms with Crippen LogP contribution >= 0.6 is 0 Å². The molecule has 0 aliphatic heterocycles. The summed E-state index contributed by atoms with van der Waals surface area (Å²) in [5.74, 6) is 0.804. The van der Waals surface area contributed by atoms with Crippen molar-refractivity contribution in [2.45, 2.75) is 13.3 Å². The maximum atomic E-state index is 8.68. The van der Waals surface area contributed by atoms with Crippen LogP contribution in [0.5, 0.6) is 5.75 Å². The molecular formula is C15H16N2O2. The third-order valence-electron chi connectivity index (χ3n) is 2.80. The summed E-state index contributed by atoms with van der Waals surface area (Å²) < 4.78 is 5.65. The van der Waals surface area contributed by atoms with Crippen molar-refractivity contribution in [2.24, 2.45) is 5.16 Å². The summed E-state index contributed by atoms with van der Waals surface area (Å²) in [5, 5.41) is 11.8. The molecule has 2 aromatic rings. The molecule has 1 aromatic carbocycles. The van der Waals surface area contributed by atoms with Crippen LogP contribution in [-0.4, -0.2) is 22.5 Å². The summed E-state index contributed by atoms with van der Waals surface area (Å²) in [6.45, 7) is 2.36. The van der Waals surface area contributed by atoms with Gasteiger partial charge in [0, 0.05) is 18.8 Å². The minimum atomic E-state index is 0.585. The number of rotatable bonds is 5. The minimum absolute atomic E-state index is 0.585. The molecule has 0 aliphatic carbocycles. The van der Waals surface area contributed by atoms with Gasteiger partial charge in [0.15, 0.2) is 0 Å². The van der Waals surface area contributed by atoms with E-state index in [0.717, 1.165) is 23.3 Å². The number of pyridine rings is 1. The molecule has 1 heterocycles. The van der Waals surface area contributed by atoms with Gasteiger partial charge < -0.3 is 9.94 Å². The lowest BCUT2D eigenvalue weighted by Gasteiger charge is -2.06. The minimum Gasteiger partial charge on any atom is -0.493 e. The van der Waals surface area contributed by atoms with Crippen LogP contribution in [0.15, 0.2) is 53.9 Å². The molecule has 2 rings (SSSR count). The van der Waals surface area contributed by atoms with Crippen molar-refractivity contribution in [3.63, 3.8) is 0 Å². The smallest absolute Gasteiger partial charge is 0.119 e. The highest BCUT2D eigenvalue weighted by Crippen LogP contribution is 2.13. The number of hydrogen-bond acceptors (Lipinski definition) is 4. The highest BCUT2D eigenvalue weighted by molar-refractivity contribution is 5.98. The van der Waals surface area contributed by atoms with Crippen LogP contribution in [0.25, 0.3) is 0 Å². The Balaban J connectivity index is 1.87. The Labute approximate surface area is 112 Å². The molecule has 0 bridgehead atoms. The molecule has 19 heavy (non-hydrogen) atoms. The van der Waals surface area contributed by atoms with E-state index in [9.17, 15) is 0 Å².